The lowest BCUT2D eigenvalue weighted by Crippen LogP contribution is -2.10. The van der Waals surface area contributed by atoms with Crippen LogP contribution in [-0.4, -0.2) is 18.2 Å². The Morgan fingerprint density at radius 1 is 1.29 bits per heavy atom. The van der Waals surface area contributed by atoms with Crippen LogP contribution in [0.15, 0.2) is 42.5 Å². The van der Waals surface area contributed by atoms with E-state index in [0.717, 1.165) is 11.6 Å². The molecule has 0 bridgehead atoms. The summed E-state index contributed by atoms with van der Waals surface area (Å²) in [5.74, 6) is -0.906. The number of para-hydroxylation sites is 1. The van der Waals surface area contributed by atoms with Crippen molar-refractivity contribution in [1.29, 1.82) is 0 Å². The van der Waals surface area contributed by atoms with Gasteiger partial charge in [-0.05, 0) is 31.2 Å². The van der Waals surface area contributed by atoms with Gasteiger partial charge in [-0.2, -0.15) is 0 Å². The van der Waals surface area contributed by atoms with Crippen LogP contribution in [0.1, 0.15) is 28.9 Å². The van der Waals surface area contributed by atoms with Gasteiger partial charge < -0.3 is 15.2 Å². The Balaban J connectivity index is 2.29. The van der Waals surface area contributed by atoms with E-state index >= 15 is 0 Å². The molecule has 2 aromatic rings. The molecule has 0 aromatic heterocycles. The van der Waals surface area contributed by atoms with E-state index in [9.17, 15) is 9.18 Å². The smallest absolute Gasteiger partial charge is 0.335 e. The van der Waals surface area contributed by atoms with E-state index in [4.69, 9.17) is 9.84 Å². The summed E-state index contributed by atoms with van der Waals surface area (Å²) in [6.45, 7) is 1.85. The first kappa shape index (κ1) is 14.8. The molecule has 0 aliphatic rings. The van der Waals surface area contributed by atoms with Gasteiger partial charge in [-0.15, -0.1) is 0 Å². The van der Waals surface area contributed by atoms with Crippen LogP contribution in [0.3, 0.4) is 0 Å². The minimum Gasteiger partial charge on any atom is -0.496 e. The van der Waals surface area contributed by atoms with E-state index in [0.29, 0.717) is 5.75 Å². The normalized spacial score (nSPS) is 11.8. The molecule has 0 saturated carbocycles. The van der Waals surface area contributed by atoms with Gasteiger partial charge >= 0.3 is 5.97 Å². The number of carboxylic acid groups (broad SMARTS) is 1. The molecule has 4 nitrogen and oxygen atoms in total. The van der Waals surface area contributed by atoms with Gasteiger partial charge in [0, 0.05) is 5.56 Å². The lowest BCUT2D eigenvalue weighted by Gasteiger charge is -2.19. The lowest BCUT2D eigenvalue weighted by atomic mass is 10.1. The predicted molar refractivity (Wildman–Crippen MR) is 78.4 cm³/mol. The first-order chi connectivity index (χ1) is 10.0. The molecule has 1 atom stereocenters. The van der Waals surface area contributed by atoms with Crippen LogP contribution >= 0.6 is 0 Å². The highest BCUT2D eigenvalue weighted by Gasteiger charge is 2.14. The number of benzene rings is 2. The third-order valence-corrected chi connectivity index (χ3v) is 3.19. The highest BCUT2D eigenvalue weighted by molar-refractivity contribution is 5.88. The summed E-state index contributed by atoms with van der Waals surface area (Å²) < 4.78 is 19.1. The molecule has 2 aromatic carbocycles. The molecule has 0 heterocycles. The molecule has 0 spiro atoms. The minimum atomic E-state index is -1.09. The van der Waals surface area contributed by atoms with Crippen molar-refractivity contribution < 1.29 is 19.0 Å². The maximum absolute atomic E-state index is 13.8. The second-order valence-corrected chi connectivity index (χ2v) is 4.61. The zero-order chi connectivity index (χ0) is 15.4. The molecular weight excluding hydrogens is 273 g/mol. The lowest BCUT2D eigenvalue weighted by molar-refractivity contribution is 0.0697. The molecule has 0 aliphatic carbocycles. The summed E-state index contributed by atoms with van der Waals surface area (Å²) >= 11 is 0. The number of methoxy groups -OCH3 is 1. The maximum Gasteiger partial charge on any atom is 0.335 e. The summed E-state index contributed by atoms with van der Waals surface area (Å²) in [4.78, 5) is 11.0. The molecule has 0 aliphatic heterocycles. The second-order valence-electron chi connectivity index (χ2n) is 4.61. The number of carbonyl (C=O) groups is 1. The zero-order valence-corrected chi connectivity index (χ0v) is 11.8. The van der Waals surface area contributed by atoms with Crippen molar-refractivity contribution >= 4 is 11.7 Å². The summed E-state index contributed by atoms with van der Waals surface area (Å²) in [6.07, 6.45) is 0. The predicted octanol–water partition coefficient (Wildman–Crippen LogP) is 3.71. The molecule has 0 amide bonds. The number of ether oxygens (including phenoxy) is 1. The van der Waals surface area contributed by atoms with Crippen LogP contribution < -0.4 is 10.1 Å². The molecule has 2 rings (SSSR count). The minimum absolute atomic E-state index is 0.0335. The molecule has 5 heteroatoms. The molecule has 1 unspecified atom stereocenters. The third kappa shape index (κ3) is 3.31. The highest BCUT2D eigenvalue weighted by atomic mass is 19.1. The third-order valence-electron chi connectivity index (χ3n) is 3.19. The van der Waals surface area contributed by atoms with E-state index in [1.54, 1.807) is 7.11 Å². The first-order valence-corrected chi connectivity index (χ1v) is 6.45. The molecular formula is C16H16FNO3. The number of hydrogen-bond donors (Lipinski definition) is 2. The van der Waals surface area contributed by atoms with Crippen molar-refractivity contribution in [3.8, 4) is 5.75 Å². The average molecular weight is 289 g/mol. The number of nitrogens with one attached hydrogen (secondary N) is 1. The summed E-state index contributed by atoms with van der Waals surface area (Å²) in [7, 11) is 1.57. The summed E-state index contributed by atoms with van der Waals surface area (Å²) in [6, 6.07) is 10.8. The van der Waals surface area contributed by atoms with Crippen LogP contribution in [0.5, 0.6) is 5.75 Å². The number of anilines is 1. The van der Waals surface area contributed by atoms with E-state index in [2.05, 4.69) is 5.32 Å². The van der Waals surface area contributed by atoms with Crippen molar-refractivity contribution in [2.45, 2.75) is 13.0 Å². The molecule has 0 radical (unpaired) electrons. The van der Waals surface area contributed by atoms with Crippen LogP contribution in [0.25, 0.3) is 0 Å². The molecule has 21 heavy (non-hydrogen) atoms. The first-order valence-electron chi connectivity index (χ1n) is 6.45. The number of halogens is 1. The Hall–Kier alpha value is -2.56. The van der Waals surface area contributed by atoms with Gasteiger partial charge in [-0.3, -0.25) is 0 Å². The van der Waals surface area contributed by atoms with Gasteiger partial charge in [0.05, 0.1) is 24.4 Å². The van der Waals surface area contributed by atoms with Gasteiger partial charge in [0.2, 0.25) is 0 Å². The fourth-order valence-corrected chi connectivity index (χ4v) is 2.10. The van der Waals surface area contributed by atoms with Crippen LogP contribution in [0, 0.1) is 5.82 Å². The Labute approximate surface area is 122 Å². The highest BCUT2D eigenvalue weighted by Crippen LogP contribution is 2.28. The second kappa shape index (κ2) is 6.26. The standard InChI is InChI=1S/C16H16FNO3/c1-10(12-5-3-4-6-15(12)21-2)18-14-9-11(16(19)20)7-8-13(14)17/h3-10,18H,1-2H3,(H,19,20). The van der Waals surface area contributed by atoms with Crippen molar-refractivity contribution in [3.05, 3.63) is 59.4 Å². The summed E-state index contributed by atoms with van der Waals surface area (Å²) in [5.41, 5.74) is 1.04. The van der Waals surface area contributed by atoms with E-state index < -0.39 is 11.8 Å². The topological polar surface area (TPSA) is 58.6 Å². The van der Waals surface area contributed by atoms with Crippen molar-refractivity contribution in [1.82, 2.24) is 0 Å². The summed E-state index contributed by atoms with van der Waals surface area (Å²) in [5, 5.41) is 11.9. The van der Waals surface area contributed by atoms with Crippen LogP contribution in [-0.2, 0) is 0 Å². The number of hydrogen-bond acceptors (Lipinski definition) is 3. The van der Waals surface area contributed by atoms with Gasteiger partial charge in [-0.25, -0.2) is 9.18 Å². The van der Waals surface area contributed by atoms with E-state index in [1.165, 1.54) is 12.1 Å². The van der Waals surface area contributed by atoms with Crippen molar-refractivity contribution in [2.24, 2.45) is 0 Å². The Kier molecular flexibility index (Phi) is 4.42. The van der Waals surface area contributed by atoms with Crippen LogP contribution in [0.4, 0.5) is 10.1 Å². The zero-order valence-electron chi connectivity index (χ0n) is 11.8. The maximum atomic E-state index is 13.8. The Bertz CT molecular complexity index is 658. The number of carboxylic acids is 1. The van der Waals surface area contributed by atoms with Gasteiger partial charge in [0.25, 0.3) is 0 Å². The monoisotopic (exact) mass is 289 g/mol. The van der Waals surface area contributed by atoms with Gasteiger partial charge in [-0.1, -0.05) is 18.2 Å². The largest absolute Gasteiger partial charge is 0.496 e. The fourth-order valence-electron chi connectivity index (χ4n) is 2.10. The Morgan fingerprint density at radius 3 is 2.67 bits per heavy atom. The quantitative estimate of drug-likeness (QED) is 0.881. The average Bonchev–Trinajstić information content (AvgIpc) is 2.49. The molecule has 2 N–H and O–H groups in total. The molecule has 0 fully saturated rings. The van der Waals surface area contributed by atoms with Gasteiger partial charge in [0.15, 0.2) is 0 Å². The Morgan fingerprint density at radius 2 is 2.00 bits per heavy atom. The molecule has 0 saturated heterocycles. The SMILES string of the molecule is COc1ccccc1C(C)Nc1cc(C(=O)O)ccc1F. The number of aromatic carboxylic acids is 1. The van der Waals surface area contributed by atoms with E-state index in [1.807, 2.05) is 31.2 Å². The van der Waals surface area contributed by atoms with Crippen molar-refractivity contribution in [3.63, 3.8) is 0 Å². The van der Waals surface area contributed by atoms with Crippen LogP contribution in [0.2, 0.25) is 0 Å². The van der Waals surface area contributed by atoms with Gasteiger partial charge in [0.1, 0.15) is 11.6 Å². The number of rotatable bonds is 5. The van der Waals surface area contributed by atoms with E-state index in [-0.39, 0.29) is 17.3 Å². The van der Waals surface area contributed by atoms with Crippen molar-refractivity contribution in [2.75, 3.05) is 12.4 Å². The fraction of sp³-hybridized carbons (Fsp3) is 0.188. The molecule has 110 valence electrons.